The van der Waals surface area contributed by atoms with Crippen molar-refractivity contribution in [2.24, 2.45) is 5.73 Å². The molecule has 0 fully saturated rings. The molecule has 0 heterocycles. The molecule has 0 aliphatic heterocycles. The largest absolute Gasteiger partial charge is 0.402 e. The second-order valence-electron chi connectivity index (χ2n) is 3.62. The second kappa shape index (κ2) is 9.74. The number of allylic oxidation sites excluding steroid dienone is 3. The third kappa shape index (κ3) is 9.50. The maximum absolute atomic E-state index is 5.58. The van der Waals surface area contributed by atoms with Crippen LogP contribution < -0.4 is 16.4 Å². The molecule has 0 saturated carbocycles. The lowest BCUT2D eigenvalue weighted by Crippen LogP contribution is -2.28. The highest BCUT2D eigenvalue weighted by Crippen LogP contribution is 1.99. The minimum Gasteiger partial charge on any atom is -0.402 e. The van der Waals surface area contributed by atoms with Crippen molar-refractivity contribution in [2.75, 3.05) is 26.2 Å². The van der Waals surface area contributed by atoms with Gasteiger partial charge in [-0.15, -0.1) is 0 Å². The number of likely N-dealkylation sites (N-methyl/N-ethyl adjacent to an activating group) is 1. The van der Waals surface area contributed by atoms with Gasteiger partial charge in [0.2, 0.25) is 0 Å². The third-order valence-corrected chi connectivity index (χ3v) is 2.12. The van der Waals surface area contributed by atoms with E-state index < -0.39 is 0 Å². The van der Waals surface area contributed by atoms with E-state index in [4.69, 9.17) is 5.73 Å². The van der Waals surface area contributed by atoms with Crippen LogP contribution in [0.2, 0.25) is 0 Å². The number of nitrogens with two attached hydrogens (primary N) is 1. The molecule has 0 aromatic heterocycles. The van der Waals surface area contributed by atoms with Gasteiger partial charge in [-0.05, 0) is 26.0 Å². The van der Waals surface area contributed by atoms with E-state index in [0.29, 0.717) is 0 Å². The summed E-state index contributed by atoms with van der Waals surface area (Å²) in [5, 5.41) is 6.67. The average Bonchev–Trinajstić information content (AvgIpc) is 2.22. The fraction of sp³-hybridized carbons (Fsp3) is 0.667. The van der Waals surface area contributed by atoms with Gasteiger partial charge in [0.1, 0.15) is 0 Å². The summed E-state index contributed by atoms with van der Waals surface area (Å²) < 4.78 is 0. The Morgan fingerprint density at radius 2 is 1.80 bits per heavy atom. The van der Waals surface area contributed by atoms with Gasteiger partial charge >= 0.3 is 0 Å². The molecule has 3 heteroatoms. The molecule has 0 aromatic rings. The van der Waals surface area contributed by atoms with Crippen molar-refractivity contribution in [1.82, 2.24) is 10.6 Å². The van der Waals surface area contributed by atoms with Crippen LogP contribution in [-0.4, -0.2) is 26.2 Å². The molecular weight excluding hydrogens is 186 g/mol. The summed E-state index contributed by atoms with van der Waals surface area (Å²) in [6.45, 7) is 10.2. The van der Waals surface area contributed by atoms with Crippen LogP contribution >= 0.6 is 0 Å². The van der Waals surface area contributed by atoms with Gasteiger partial charge in [-0.2, -0.15) is 0 Å². The second-order valence-corrected chi connectivity index (χ2v) is 3.62. The molecule has 15 heavy (non-hydrogen) atoms. The highest BCUT2D eigenvalue weighted by molar-refractivity contribution is 5.16. The number of rotatable bonds is 8. The van der Waals surface area contributed by atoms with E-state index in [9.17, 15) is 0 Å². The molecule has 0 aliphatic rings. The average molecular weight is 211 g/mol. The smallest absolute Gasteiger partial charge is 0.0168 e. The van der Waals surface area contributed by atoms with Crippen LogP contribution in [0.3, 0.4) is 0 Å². The van der Waals surface area contributed by atoms with Crippen LogP contribution in [0.4, 0.5) is 0 Å². The highest BCUT2D eigenvalue weighted by atomic mass is 14.9. The zero-order valence-corrected chi connectivity index (χ0v) is 10.3. The lowest BCUT2D eigenvalue weighted by molar-refractivity contribution is 0.642. The van der Waals surface area contributed by atoms with Gasteiger partial charge in [0, 0.05) is 25.3 Å². The molecule has 0 radical (unpaired) electrons. The predicted octanol–water partition coefficient (Wildman–Crippen LogP) is 1.38. The first-order chi connectivity index (χ1) is 7.20. The molecule has 3 nitrogen and oxygen atoms in total. The fourth-order valence-corrected chi connectivity index (χ4v) is 1.15. The van der Waals surface area contributed by atoms with Gasteiger partial charge in [-0.1, -0.05) is 25.5 Å². The molecule has 4 N–H and O–H groups in total. The Balaban J connectivity index is 3.71. The lowest BCUT2D eigenvalue weighted by atomic mass is 10.2. The van der Waals surface area contributed by atoms with Gasteiger partial charge in [0.25, 0.3) is 0 Å². The number of hydrogen-bond donors (Lipinski definition) is 3. The van der Waals surface area contributed by atoms with E-state index in [0.717, 1.165) is 38.3 Å². The van der Waals surface area contributed by atoms with Crippen molar-refractivity contribution < 1.29 is 0 Å². The van der Waals surface area contributed by atoms with E-state index in [-0.39, 0.29) is 0 Å². The Morgan fingerprint density at radius 1 is 1.13 bits per heavy atom. The first-order valence-corrected chi connectivity index (χ1v) is 5.73. The third-order valence-electron chi connectivity index (χ3n) is 2.12. The Hall–Kier alpha value is -0.800. The van der Waals surface area contributed by atoms with Crippen LogP contribution in [0.25, 0.3) is 0 Å². The summed E-state index contributed by atoms with van der Waals surface area (Å²) >= 11 is 0. The molecule has 88 valence electrons. The monoisotopic (exact) mass is 211 g/mol. The maximum atomic E-state index is 5.58. The fourth-order valence-electron chi connectivity index (χ4n) is 1.15. The quantitative estimate of drug-likeness (QED) is 0.420. The van der Waals surface area contributed by atoms with E-state index >= 15 is 0 Å². The van der Waals surface area contributed by atoms with Gasteiger partial charge in [0.15, 0.2) is 0 Å². The van der Waals surface area contributed by atoms with Crippen molar-refractivity contribution >= 4 is 0 Å². The molecule has 0 rings (SSSR count). The van der Waals surface area contributed by atoms with Gasteiger partial charge in [-0.3, -0.25) is 0 Å². The van der Waals surface area contributed by atoms with Crippen LogP contribution in [0, 0.1) is 0 Å². The van der Waals surface area contributed by atoms with Crippen molar-refractivity contribution in [3.63, 3.8) is 0 Å². The topological polar surface area (TPSA) is 50.1 Å². The summed E-state index contributed by atoms with van der Waals surface area (Å²) in [7, 11) is 0. The Labute approximate surface area is 93.8 Å². The molecule has 0 spiro atoms. The summed E-state index contributed by atoms with van der Waals surface area (Å²) in [5.74, 6) is 0. The molecule has 0 aromatic carbocycles. The minimum atomic E-state index is 0.855. The van der Waals surface area contributed by atoms with Crippen LogP contribution in [0.15, 0.2) is 23.4 Å². The first-order valence-electron chi connectivity index (χ1n) is 5.73. The zero-order valence-electron chi connectivity index (χ0n) is 10.3. The van der Waals surface area contributed by atoms with Gasteiger partial charge in [0.05, 0.1) is 0 Å². The van der Waals surface area contributed by atoms with E-state index in [2.05, 4.69) is 30.6 Å². The molecule has 0 amide bonds. The molecule has 0 atom stereocenters. The van der Waals surface area contributed by atoms with E-state index in [1.807, 2.05) is 13.0 Å². The standard InChI is InChI=1S/C12H25N3/c1-4-12(7-6-11(3)13)10-15-9-8-14-5-2/h6-7,14-15H,4-5,8-10,13H2,1-3H3/b11-6-,12-7+. The minimum absolute atomic E-state index is 0.855. The van der Waals surface area contributed by atoms with Gasteiger partial charge in [-0.25, -0.2) is 0 Å². The van der Waals surface area contributed by atoms with Crippen molar-refractivity contribution in [1.29, 1.82) is 0 Å². The highest BCUT2D eigenvalue weighted by Gasteiger charge is 1.92. The maximum Gasteiger partial charge on any atom is 0.0168 e. The van der Waals surface area contributed by atoms with E-state index in [1.165, 1.54) is 5.57 Å². The van der Waals surface area contributed by atoms with Crippen LogP contribution in [-0.2, 0) is 0 Å². The SMILES string of the molecule is CCNCCNC/C(=C/C=C(/C)N)CC. The molecule has 0 bridgehead atoms. The number of nitrogens with one attached hydrogen (secondary N) is 2. The van der Waals surface area contributed by atoms with Crippen LogP contribution in [0.5, 0.6) is 0 Å². The first kappa shape index (κ1) is 14.2. The summed E-state index contributed by atoms with van der Waals surface area (Å²) in [6, 6.07) is 0. The Kier molecular flexibility index (Phi) is 9.22. The molecule has 0 aliphatic carbocycles. The summed E-state index contributed by atoms with van der Waals surface area (Å²) in [5.41, 5.74) is 7.82. The normalized spacial score (nSPS) is 13.3. The summed E-state index contributed by atoms with van der Waals surface area (Å²) in [6.07, 6.45) is 5.14. The lowest BCUT2D eigenvalue weighted by Gasteiger charge is -2.07. The van der Waals surface area contributed by atoms with Crippen molar-refractivity contribution in [2.45, 2.75) is 27.2 Å². The molecular formula is C12H25N3. The van der Waals surface area contributed by atoms with Crippen LogP contribution in [0.1, 0.15) is 27.2 Å². The number of hydrogen-bond acceptors (Lipinski definition) is 3. The van der Waals surface area contributed by atoms with Gasteiger partial charge < -0.3 is 16.4 Å². The van der Waals surface area contributed by atoms with Crippen molar-refractivity contribution in [3.05, 3.63) is 23.4 Å². The molecule has 0 saturated heterocycles. The zero-order chi connectivity index (χ0) is 11.5. The molecule has 0 unspecified atom stereocenters. The Morgan fingerprint density at radius 3 is 2.33 bits per heavy atom. The predicted molar refractivity (Wildman–Crippen MR) is 67.7 cm³/mol. The summed E-state index contributed by atoms with van der Waals surface area (Å²) in [4.78, 5) is 0. The van der Waals surface area contributed by atoms with Crippen molar-refractivity contribution in [3.8, 4) is 0 Å². The van der Waals surface area contributed by atoms with E-state index in [1.54, 1.807) is 0 Å². The Bertz CT molecular complexity index is 203.